The van der Waals surface area contributed by atoms with Crippen molar-refractivity contribution in [2.45, 2.75) is 31.8 Å². The molecule has 0 spiro atoms. The number of hydrogen-bond acceptors (Lipinski definition) is 3. The second-order valence-electron chi connectivity index (χ2n) is 6.50. The van der Waals surface area contributed by atoms with Crippen molar-refractivity contribution in [1.82, 2.24) is 20.0 Å². The lowest BCUT2D eigenvalue weighted by Gasteiger charge is -2.25. The lowest BCUT2D eigenvalue weighted by molar-refractivity contribution is -0.127. The third-order valence-corrected chi connectivity index (χ3v) is 4.75. The molecule has 0 saturated carbocycles. The highest BCUT2D eigenvalue weighted by molar-refractivity contribution is 5.80. The summed E-state index contributed by atoms with van der Waals surface area (Å²) in [6, 6.07) is 11.9. The van der Waals surface area contributed by atoms with Gasteiger partial charge in [0.05, 0.1) is 6.04 Å². The van der Waals surface area contributed by atoms with Crippen molar-refractivity contribution in [2.24, 2.45) is 5.92 Å². The molecule has 1 aliphatic heterocycles. The number of aromatic nitrogens is 2. The second-order valence-corrected chi connectivity index (χ2v) is 6.50. The fraction of sp³-hybridized carbons (Fsp3) is 0.421. The average Bonchev–Trinajstić information content (AvgIpc) is 3.23. The molecule has 0 radical (unpaired) electrons. The molecule has 6 heteroatoms. The number of aryl methyl sites for hydroxylation is 1. The van der Waals surface area contributed by atoms with Crippen molar-refractivity contribution >= 4 is 11.8 Å². The molecule has 2 aromatic rings. The van der Waals surface area contributed by atoms with E-state index in [2.05, 4.69) is 10.4 Å². The fourth-order valence-electron chi connectivity index (χ4n) is 3.45. The summed E-state index contributed by atoms with van der Waals surface area (Å²) < 4.78 is 1.82. The third-order valence-electron chi connectivity index (χ3n) is 4.75. The Morgan fingerprint density at radius 3 is 2.80 bits per heavy atom. The van der Waals surface area contributed by atoms with Crippen LogP contribution in [-0.2, 0) is 16.1 Å². The summed E-state index contributed by atoms with van der Waals surface area (Å²) >= 11 is 0. The van der Waals surface area contributed by atoms with Crippen molar-refractivity contribution in [3.63, 3.8) is 0 Å². The molecule has 1 aromatic heterocycles. The molecule has 1 aromatic carbocycles. The molecule has 3 rings (SSSR count). The third kappa shape index (κ3) is 4.26. The summed E-state index contributed by atoms with van der Waals surface area (Å²) in [5.74, 6) is 0.266. The summed E-state index contributed by atoms with van der Waals surface area (Å²) in [7, 11) is 1.84. The Hall–Kier alpha value is -2.63. The summed E-state index contributed by atoms with van der Waals surface area (Å²) in [6.07, 6.45) is 5.31. The molecule has 2 atom stereocenters. The quantitative estimate of drug-likeness (QED) is 0.838. The van der Waals surface area contributed by atoms with Gasteiger partial charge in [0.15, 0.2) is 0 Å². The van der Waals surface area contributed by atoms with E-state index in [4.69, 9.17) is 0 Å². The number of amides is 2. The van der Waals surface area contributed by atoms with Crippen LogP contribution in [0.2, 0.25) is 0 Å². The maximum absolute atomic E-state index is 12.1. The van der Waals surface area contributed by atoms with Crippen LogP contribution >= 0.6 is 0 Å². The van der Waals surface area contributed by atoms with Crippen LogP contribution in [-0.4, -0.2) is 40.1 Å². The van der Waals surface area contributed by atoms with Crippen molar-refractivity contribution in [3.8, 4) is 0 Å². The van der Waals surface area contributed by atoms with Gasteiger partial charge in [-0.15, -0.1) is 0 Å². The van der Waals surface area contributed by atoms with Gasteiger partial charge in [-0.2, -0.15) is 5.10 Å². The van der Waals surface area contributed by atoms with E-state index >= 15 is 0 Å². The smallest absolute Gasteiger partial charge is 0.223 e. The lowest BCUT2D eigenvalue weighted by Crippen LogP contribution is -2.32. The second kappa shape index (κ2) is 7.96. The van der Waals surface area contributed by atoms with Crippen LogP contribution in [0.25, 0.3) is 0 Å². The topological polar surface area (TPSA) is 67.2 Å². The Kier molecular flexibility index (Phi) is 5.48. The van der Waals surface area contributed by atoms with E-state index in [9.17, 15) is 9.59 Å². The Balaban J connectivity index is 1.50. The maximum Gasteiger partial charge on any atom is 0.223 e. The number of nitrogens with one attached hydrogen (secondary N) is 1. The van der Waals surface area contributed by atoms with E-state index in [1.54, 1.807) is 11.1 Å². The molecule has 25 heavy (non-hydrogen) atoms. The monoisotopic (exact) mass is 340 g/mol. The van der Waals surface area contributed by atoms with Crippen LogP contribution in [0.4, 0.5) is 0 Å². The van der Waals surface area contributed by atoms with Crippen LogP contribution in [0.1, 0.15) is 30.9 Å². The van der Waals surface area contributed by atoms with E-state index in [-0.39, 0.29) is 23.8 Å². The first kappa shape index (κ1) is 17.2. The SMILES string of the molecule is CN1C(=O)C[C@H](CNC(=O)CCCn2cccn2)[C@H]1c1ccccc1. The summed E-state index contributed by atoms with van der Waals surface area (Å²) in [5, 5.41) is 7.12. The van der Waals surface area contributed by atoms with E-state index in [0.29, 0.717) is 19.4 Å². The minimum atomic E-state index is 0.0260. The fourth-order valence-corrected chi connectivity index (χ4v) is 3.45. The van der Waals surface area contributed by atoms with Gasteiger partial charge in [0.2, 0.25) is 11.8 Å². The Morgan fingerprint density at radius 1 is 1.28 bits per heavy atom. The zero-order valence-electron chi connectivity index (χ0n) is 14.5. The van der Waals surface area contributed by atoms with E-state index in [1.165, 1.54) is 0 Å². The first-order chi connectivity index (χ1) is 12.1. The van der Waals surface area contributed by atoms with Gasteiger partial charge in [0, 0.05) is 51.3 Å². The van der Waals surface area contributed by atoms with E-state index in [0.717, 1.165) is 18.5 Å². The van der Waals surface area contributed by atoms with E-state index < -0.39 is 0 Å². The zero-order valence-corrected chi connectivity index (χ0v) is 14.5. The summed E-state index contributed by atoms with van der Waals surface area (Å²) in [4.78, 5) is 26.0. The van der Waals surface area contributed by atoms with Gasteiger partial charge in [-0.05, 0) is 18.1 Å². The molecule has 132 valence electrons. The molecule has 2 amide bonds. The lowest BCUT2D eigenvalue weighted by atomic mass is 9.93. The normalized spacial score (nSPS) is 20.0. The van der Waals surface area contributed by atoms with Gasteiger partial charge < -0.3 is 10.2 Å². The van der Waals surface area contributed by atoms with Gasteiger partial charge in [0.25, 0.3) is 0 Å². The largest absolute Gasteiger partial charge is 0.356 e. The Labute approximate surface area is 147 Å². The first-order valence-corrected chi connectivity index (χ1v) is 8.70. The Bertz CT molecular complexity index is 699. The zero-order chi connectivity index (χ0) is 17.6. The molecule has 1 saturated heterocycles. The van der Waals surface area contributed by atoms with Gasteiger partial charge in [-0.3, -0.25) is 14.3 Å². The highest BCUT2D eigenvalue weighted by atomic mass is 16.2. The summed E-state index contributed by atoms with van der Waals surface area (Å²) in [5.41, 5.74) is 1.12. The number of nitrogens with zero attached hydrogens (tertiary/aromatic N) is 3. The van der Waals surface area contributed by atoms with Crippen LogP contribution in [0.15, 0.2) is 48.8 Å². The molecule has 1 aliphatic rings. The van der Waals surface area contributed by atoms with E-state index in [1.807, 2.05) is 54.3 Å². The van der Waals surface area contributed by atoms with Crippen molar-refractivity contribution in [1.29, 1.82) is 0 Å². The van der Waals surface area contributed by atoms with Crippen molar-refractivity contribution < 1.29 is 9.59 Å². The summed E-state index contributed by atoms with van der Waals surface area (Å²) in [6.45, 7) is 1.26. The maximum atomic E-state index is 12.1. The number of carbonyl (C=O) groups is 2. The number of rotatable bonds is 7. The number of likely N-dealkylation sites (tertiary alicyclic amines) is 1. The molecular formula is C19H24N4O2. The van der Waals surface area contributed by atoms with Crippen LogP contribution in [0.5, 0.6) is 0 Å². The van der Waals surface area contributed by atoms with Gasteiger partial charge in [0.1, 0.15) is 0 Å². The van der Waals surface area contributed by atoms with Gasteiger partial charge in [-0.25, -0.2) is 0 Å². The molecule has 0 aliphatic carbocycles. The Morgan fingerprint density at radius 2 is 2.08 bits per heavy atom. The molecule has 1 N–H and O–H groups in total. The predicted molar refractivity (Wildman–Crippen MR) is 94.5 cm³/mol. The molecule has 1 fully saturated rings. The standard InChI is InChI=1S/C19H24N4O2/c1-22-18(25)13-16(19(22)15-7-3-2-4-8-15)14-20-17(24)9-5-11-23-12-6-10-21-23/h2-4,6-8,10,12,16,19H,5,9,11,13-14H2,1H3,(H,20,24)/t16-,19-/m1/s1. The molecule has 2 heterocycles. The number of carbonyl (C=O) groups excluding carboxylic acids is 2. The number of benzene rings is 1. The highest BCUT2D eigenvalue weighted by Gasteiger charge is 2.38. The van der Waals surface area contributed by atoms with Crippen LogP contribution in [0.3, 0.4) is 0 Å². The molecule has 6 nitrogen and oxygen atoms in total. The minimum absolute atomic E-state index is 0.0260. The van der Waals surface area contributed by atoms with Gasteiger partial charge >= 0.3 is 0 Å². The molecular weight excluding hydrogens is 316 g/mol. The van der Waals surface area contributed by atoms with Crippen molar-refractivity contribution in [3.05, 3.63) is 54.4 Å². The molecule has 0 bridgehead atoms. The van der Waals surface area contributed by atoms with Crippen LogP contribution in [0, 0.1) is 5.92 Å². The number of hydrogen-bond donors (Lipinski definition) is 1. The minimum Gasteiger partial charge on any atom is -0.356 e. The van der Waals surface area contributed by atoms with Crippen molar-refractivity contribution in [2.75, 3.05) is 13.6 Å². The van der Waals surface area contributed by atoms with Gasteiger partial charge in [-0.1, -0.05) is 30.3 Å². The average molecular weight is 340 g/mol. The first-order valence-electron chi connectivity index (χ1n) is 8.70. The van der Waals surface area contributed by atoms with Crippen LogP contribution < -0.4 is 5.32 Å². The highest BCUT2D eigenvalue weighted by Crippen LogP contribution is 2.36. The predicted octanol–water partition coefficient (Wildman–Crippen LogP) is 2.00. The molecule has 0 unspecified atom stereocenters.